The van der Waals surface area contributed by atoms with Crippen LogP contribution < -0.4 is 4.74 Å². The van der Waals surface area contributed by atoms with Gasteiger partial charge in [0, 0.05) is 38.1 Å². The summed E-state index contributed by atoms with van der Waals surface area (Å²) >= 11 is 0. The summed E-state index contributed by atoms with van der Waals surface area (Å²) < 4.78 is 7.51. The molecule has 2 aromatic rings. The van der Waals surface area contributed by atoms with Crippen molar-refractivity contribution in [2.75, 3.05) is 20.2 Å². The summed E-state index contributed by atoms with van der Waals surface area (Å²) in [4.78, 5) is 6.69. The maximum absolute atomic E-state index is 5.36. The quantitative estimate of drug-likeness (QED) is 0.846. The largest absolute Gasteiger partial charge is 0.497 e. The Balaban J connectivity index is 1.72. The highest BCUT2D eigenvalue weighted by Gasteiger charge is 2.30. The fourth-order valence-electron chi connectivity index (χ4n) is 3.24. The molecule has 1 aromatic heterocycles. The van der Waals surface area contributed by atoms with Crippen LogP contribution in [-0.4, -0.2) is 34.7 Å². The molecule has 2 heterocycles. The van der Waals surface area contributed by atoms with E-state index in [0.29, 0.717) is 6.04 Å². The van der Waals surface area contributed by atoms with E-state index in [2.05, 4.69) is 39.6 Å². The van der Waals surface area contributed by atoms with Crippen molar-refractivity contribution >= 4 is 0 Å². The first-order valence-corrected chi connectivity index (χ1v) is 7.60. The monoisotopic (exact) mass is 285 g/mol. The summed E-state index contributed by atoms with van der Waals surface area (Å²) in [6.07, 6.45) is 6.98. The lowest BCUT2D eigenvalue weighted by atomic mass is 10.0. The Morgan fingerprint density at radius 2 is 2.24 bits per heavy atom. The van der Waals surface area contributed by atoms with Crippen molar-refractivity contribution in [1.82, 2.24) is 14.5 Å². The molecule has 1 aliphatic rings. The molecule has 0 saturated carbocycles. The van der Waals surface area contributed by atoms with Gasteiger partial charge in [0.05, 0.1) is 13.4 Å². The van der Waals surface area contributed by atoms with E-state index >= 15 is 0 Å². The first-order chi connectivity index (χ1) is 10.3. The van der Waals surface area contributed by atoms with Gasteiger partial charge >= 0.3 is 0 Å². The Kier molecular flexibility index (Phi) is 4.25. The minimum atomic E-state index is 0.499. The molecule has 1 fully saturated rings. The third kappa shape index (κ3) is 3.27. The molecule has 1 aromatic carbocycles. The van der Waals surface area contributed by atoms with Crippen molar-refractivity contribution in [3.8, 4) is 5.75 Å². The van der Waals surface area contributed by atoms with Crippen LogP contribution in [0.5, 0.6) is 5.75 Å². The highest BCUT2D eigenvalue weighted by molar-refractivity contribution is 5.31. The van der Waals surface area contributed by atoms with Crippen LogP contribution in [0.2, 0.25) is 0 Å². The fourth-order valence-corrected chi connectivity index (χ4v) is 3.24. The summed E-state index contributed by atoms with van der Waals surface area (Å²) in [5.74, 6) is 1.69. The number of ether oxygens (including phenoxy) is 1. The second-order valence-corrected chi connectivity index (χ2v) is 5.93. The molecule has 1 aliphatic heterocycles. The van der Waals surface area contributed by atoms with Crippen LogP contribution in [-0.2, 0) is 6.54 Å². The molecular weight excluding hydrogens is 262 g/mol. The zero-order valence-corrected chi connectivity index (χ0v) is 12.8. The number of likely N-dealkylation sites (tertiary alicyclic amines) is 1. The first-order valence-electron chi connectivity index (χ1n) is 7.60. The highest BCUT2D eigenvalue weighted by Crippen LogP contribution is 2.36. The third-order valence-corrected chi connectivity index (χ3v) is 4.30. The van der Waals surface area contributed by atoms with Crippen LogP contribution in [0.4, 0.5) is 0 Å². The number of imidazole rings is 1. The van der Waals surface area contributed by atoms with E-state index in [0.717, 1.165) is 31.3 Å². The van der Waals surface area contributed by atoms with Gasteiger partial charge in [0.1, 0.15) is 5.75 Å². The van der Waals surface area contributed by atoms with Crippen LogP contribution in [0, 0.1) is 5.92 Å². The van der Waals surface area contributed by atoms with E-state index in [1.807, 2.05) is 24.8 Å². The molecule has 112 valence electrons. The Morgan fingerprint density at radius 3 is 3.00 bits per heavy atom. The minimum Gasteiger partial charge on any atom is -0.497 e. The van der Waals surface area contributed by atoms with Crippen LogP contribution in [0.3, 0.4) is 0 Å². The molecule has 0 amide bonds. The number of hydrogen-bond acceptors (Lipinski definition) is 3. The lowest BCUT2D eigenvalue weighted by Gasteiger charge is -2.25. The Bertz CT molecular complexity index is 567. The number of aromatic nitrogens is 2. The zero-order valence-electron chi connectivity index (χ0n) is 12.8. The van der Waals surface area contributed by atoms with Gasteiger partial charge in [0.25, 0.3) is 0 Å². The van der Waals surface area contributed by atoms with Gasteiger partial charge < -0.3 is 9.30 Å². The van der Waals surface area contributed by atoms with Crippen molar-refractivity contribution in [3.05, 3.63) is 48.5 Å². The highest BCUT2D eigenvalue weighted by atomic mass is 16.5. The van der Waals surface area contributed by atoms with Crippen molar-refractivity contribution in [3.63, 3.8) is 0 Å². The minimum absolute atomic E-state index is 0.499. The number of rotatable bonds is 5. The molecule has 0 spiro atoms. The molecule has 0 aliphatic carbocycles. The van der Waals surface area contributed by atoms with E-state index in [1.54, 1.807) is 7.11 Å². The summed E-state index contributed by atoms with van der Waals surface area (Å²) in [6, 6.07) is 8.99. The van der Waals surface area contributed by atoms with Gasteiger partial charge in [-0.25, -0.2) is 4.98 Å². The summed E-state index contributed by atoms with van der Waals surface area (Å²) in [7, 11) is 1.73. The Hall–Kier alpha value is -1.81. The smallest absolute Gasteiger partial charge is 0.119 e. The molecule has 21 heavy (non-hydrogen) atoms. The lowest BCUT2D eigenvalue weighted by molar-refractivity contribution is 0.243. The van der Waals surface area contributed by atoms with Crippen LogP contribution in [0.1, 0.15) is 24.9 Å². The molecular formula is C17H23N3O. The van der Waals surface area contributed by atoms with Gasteiger partial charge in [-0.05, 0) is 30.0 Å². The number of benzene rings is 1. The van der Waals surface area contributed by atoms with Gasteiger partial charge in [-0.1, -0.05) is 19.1 Å². The lowest BCUT2D eigenvalue weighted by Crippen LogP contribution is -2.27. The second-order valence-electron chi connectivity index (χ2n) is 5.93. The standard InChI is InChI=1S/C17H23N3O/c1-14-10-17(15-4-3-5-16(11-15)21-2)20(12-14)9-8-19-7-6-18-13-19/h3-7,11,13-14,17H,8-10,12H2,1-2H3. The van der Waals surface area contributed by atoms with E-state index in [1.165, 1.54) is 12.0 Å². The Morgan fingerprint density at radius 1 is 1.33 bits per heavy atom. The van der Waals surface area contributed by atoms with Gasteiger partial charge in [0.2, 0.25) is 0 Å². The molecule has 2 unspecified atom stereocenters. The normalized spacial score (nSPS) is 22.6. The van der Waals surface area contributed by atoms with Crippen molar-refractivity contribution in [2.24, 2.45) is 5.92 Å². The van der Waals surface area contributed by atoms with Crippen LogP contribution in [0.25, 0.3) is 0 Å². The van der Waals surface area contributed by atoms with E-state index in [9.17, 15) is 0 Å². The first kappa shape index (κ1) is 14.1. The van der Waals surface area contributed by atoms with Gasteiger partial charge in [-0.15, -0.1) is 0 Å². The summed E-state index contributed by atoms with van der Waals surface area (Å²) in [6.45, 7) is 5.55. The average Bonchev–Trinajstić information content (AvgIpc) is 3.14. The molecule has 4 nitrogen and oxygen atoms in total. The van der Waals surface area contributed by atoms with E-state index < -0.39 is 0 Å². The van der Waals surface area contributed by atoms with E-state index in [4.69, 9.17) is 4.74 Å². The zero-order chi connectivity index (χ0) is 14.7. The fraction of sp³-hybridized carbons (Fsp3) is 0.471. The summed E-state index contributed by atoms with van der Waals surface area (Å²) in [5.41, 5.74) is 1.37. The van der Waals surface area contributed by atoms with Crippen molar-refractivity contribution in [1.29, 1.82) is 0 Å². The number of hydrogen-bond donors (Lipinski definition) is 0. The van der Waals surface area contributed by atoms with Crippen molar-refractivity contribution in [2.45, 2.75) is 25.9 Å². The maximum Gasteiger partial charge on any atom is 0.119 e. The summed E-state index contributed by atoms with van der Waals surface area (Å²) in [5, 5.41) is 0. The van der Waals surface area contributed by atoms with Crippen LogP contribution >= 0.6 is 0 Å². The molecule has 1 saturated heterocycles. The van der Waals surface area contributed by atoms with Gasteiger partial charge in [-0.2, -0.15) is 0 Å². The molecule has 2 atom stereocenters. The van der Waals surface area contributed by atoms with E-state index in [-0.39, 0.29) is 0 Å². The number of methoxy groups -OCH3 is 1. The SMILES string of the molecule is COc1cccc(C2CC(C)CN2CCn2ccnc2)c1. The Labute approximate surface area is 126 Å². The maximum atomic E-state index is 5.36. The average molecular weight is 285 g/mol. The molecule has 0 radical (unpaired) electrons. The second kappa shape index (κ2) is 6.31. The predicted molar refractivity (Wildman–Crippen MR) is 83.3 cm³/mol. The van der Waals surface area contributed by atoms with Gasteiger partial charge in [0.15, 0.2) is 0 Å². The van der Waals surface area contributed by atoms with Crippen molar-refractivity contribution < 1.29 is 4.74 Å². The third-order valence-electron chi connectivity index (χ3n) is 4.30. The van der Waals surface area contributed by atoms with Gasteiger partial charge in [-0.3, -0.25) is 4.90 Å². The number of nitrogens with zero attached hydrogens (tertiary/aromatic N) is 3. The topological polar surface area (TPSA) is 30.3 Å². The molecule has 0 N–H and O–H groups in total. The molecule has 4 heteroatoms. The molecule has 0 bridgehead atoms. The predicted octanol–water partition coefficient (Wildman–Crippen LogP) is 2.97. The molecule has 3 rings (SSSR count). The van der Waals surface area contributed by atoms with Crippen LogP contribution in [0.15, 0.2) is 43.0 Å².